The van der Waals surface area contributed by atoms with Crippen LogP contribution in [0.1, 0.15) is 10.4 Å². The number of aromatic nitrogens is 2. The Morgan fingerprint density at radius 3 is 2.57 bits per heavy atom. The molecule has 2 heterocycles. The molecule has 1 radical (unpaired) electrons. The molecule has 1 saturated heterocycles. The van der Waals surface area contributed by atoms with Crippen molar-refractivity contribution in [3.8, 4) is 11.3 Å². The Labute approximate surface area is 168 Å². The quantitative estimate of drug-likeness (QED) is 0.707. The summed E-state index contributed by atoms with van der Waals surface area (Å²) in [6.07, 6.45) is 1.71. The van der Waals surface area contributed by atoms with Crippen molar-refractivity contribution in [1.29, 1.82) is 0 Å². The summed E-state index contributed by atoms with van der Waals surface area (Å²) in [4.78, 5) is 23.2. The van der Waals surface area contributed by atoms with E-state index in [1.54, 1.807) is 6.20 Å². The van der Waals surface area contributed by atoms with E-state index in [2.05, 4.69) is 20.6 Å². The number of piperazine rings is 1. The summed E-state index contributed by atoms with van der Waals surface area (Å²) in [6.45, 7) is 4.01. The van der Waals surface area contributed by atoms with E-state index in [9.17, 15) is 4.79 Å². The van der Waals surface area contributed by atoms with Crippen LogP contribution in [0.2, 0.25) is 5.02 Å². The normalized spacial score (nSPS) is 14.0. The summed E-state index contributed by atoms with van der Waals surface area (Å²) >= 11 is 5.95. The highest BCUT2D eigenvalue weighted by molar-refractivity contribution is 6.30. The number of amides is 1. The molecule has 141 valence electrons. The Morgan fingerprint density at radius 1 is 1.07 bits per heavy atom. The van der Waals surface area contributed by atoms with Gasteiger partial charge in [0.2, 0.25) is 5.95 Å². The van der Waals surface area contributed by atoms with Gasteiger partial charge in [-0.1, -0.05) is 23.7 Å². The smallest absolute Gasteiger partial charge is 0.253 e. The third-order valence-corrected chi connectivity index (χ3v) is 4.70. The van der Waals surface area contributed by atoms with Crippen LogP contribution in [-0.2, 0) is 0 Å². The molecule has 0 saturated carbocycles. The van der Waals surface area contributed by atoms with Crippen molar-refractivity contribution in [3.05, 3.63) is 77.9 Å². The molecule has 0 bridgehead atoms. The second-order valence-corrected chi connectivity index (χ2v) is 6.82. The third kappa shape index (κ3) is 4.30. The van der Waals surface area contributed by atoms with Crippen molar-refractivity contribution < 1.29 is 4.79 Å². The van der Waals surface area contributed by atoms with Crippen LogP contribution >= 0.6 is 11.6 Å². The molecule has 28 heavy (non-hydrogen) atoms. The lowest BCUT2D eigenvalue weighted by Crippen LogP contribution is -2.43. The van der Waals surface area contributed by atoms with E-state index in [-0.39, 0.29) is 5.91 Å². The van der Waals surface area contributed by atoms with Gasteiger partial charge in [-0.15, -0.1) is 0 Å². The van der Waals surface area contributed by atoms with Crippen LogP contribution in [-0.4, -0.2) is 40.4 Å². The number of rotatable bonds is 4. The summed E-state index contributed by atoms with van der Waals surface area (Å²) < 4.78 is 0. The molecular weight excluding hydrogens is 374 g/mol. The van der Waals surface area contributed by atoms with Gasteiger partial charge in [0.05, 0.1) is 5.69 Å². The Kier molecular flexibility index (Phi) is 5.50. The van der Waals surface area contributed by atoms with E-state index in [1.165, 1.54) is 0 Å². The number of hydrogen-bond donors (Lipinski definition) is 2. The third-order valence-electron chi connectivity index (χ3n) is 4.45. The number of nitrogens with zero attached hydrogens (tertiary/aromatic N) is 3. The number of benzene rings is 2. The molecular formula is C21H19ClN5O. The largest absolute Gasteiger partial charge is 0.336 e. The van der Waals surface area contributed by atoms with E-state index in [1.807, 2.05) is 66.0 Å². The zero-order valence-electron chi connectivity index (χ0n) is 15.1. The fraction of sp³-hybridized carbons (Fsp3) is 0.143. The van der Waals surface area contributed by atoms with Crippen LogP contribution in [0.5, 0.6) is 0 Å². The molecule has 0 unspecified atom stereocenters. The van der Waals surface area contributed by atoms with Crippen LogP contribution < -0.4 is 10.6 Å². The summed E-state index contributed by atoms with van der Waals surface area (Å²) in [5, 5.41) is 6.99. The first-order valence-corrected chi connectivity index (χ1v) is 9.37. The minimum atomic E-state index is 0.0327. The molecule has 1 aliphatic rings. The second kappa shape index (κ2) is 8.37. The van der Waals surface area contributed by atoms with Gasteiger partial charge in [-0.05, 0) is 42.5 Å². The molecule has 2 N–H and O–H groups in total. The lowest BCUT2D eigenvalue weighted by Gasteiger charge is -2.27. The van der Waals surface area contributed by atoms with Crippen molar-refractivity contribution in [2.45, 2.75) is 0 Å². The number of anilines is 2. The second-order valence-electron chi connectivity index (χ2n) is 6.38. The van der Waals surface area contributed by atoms with Crippen molar-refractivity contribution in [2.75, 3.05) is 25.0 Å². The molecule has 1 aliphatic heterocycles. The van der Waals surface area contributed by atoms with Crippen molar-refractivity contribution in [3.63, 3.8) is 0 Å². The Balaban J connectivity index is 1.46. The molecule has 1 amide bonds. The average molecular weight is 393 g/mol. The number of hydrogen-bond acceptors (Lipinski definition) is 5. The van der Waals surface area contributed by atoms with E-state index < -0.39 is 0 Å². The SMILES string of the molecule is O=C(c1ccc(Nc2nccc(-c3ccc(Cl)cc3)n2)cc1)N1C[CH]NCC1. The van der Waals surface area contributed by atoms with Crippen LogP contribution in [0.25, 0.3) is 11.3 Å². The standard InChI is InChI=1S/C21H19ClN5O/c22-17-5-1-15(2-6-17)19-9-10-24-21(26-19)25-18-7-3-16(4-8-18)20(28)27-13-11-23-12-14-27/h1-11,23H,12-14H2,(H,24,25,26). The van der Waals surface area contributed by atoms with Crippen molar-refractivity contribution >= 4 is 29.1 Å². The number of halogens is 1. The minimum absolute atomic E-state index is 0.0327. The summed E-state index contributed by atoms with van der Waals surface area (Å²) in [6, 6.07) is 16.7. The fourth-order valence-corrected chi connectivity index (χ4v) is 3.09. The van der Waals surface area contributed by atoms with Crippen LogP contribution in [0.3, 0.4) is 0 Å². The van der Waals surface area contributed by atoms with Gasteiger partial charge in [-0.2, -0.15) is 0 Å². The van der Waals surface area contributed by atoms with E-state index in [0.29, 0.717) is 29.6 Å². The van der Waals surface area contributed by atoms with E-state index >= 15 is 0 Å². The van der Waals surface area contributed by atoms with Crippen LogP contribution in [0.4, 0.5) is 11.6 Å². The first-order chi connectivity index (χ1) is 13.7. The molecule has 3 aromatic rings. The van der Waals surface area contributed by atoms with E-state index in [0.717, 1.165) is 23.5 Å². The fourth-order valence-electron chi connectivity index (χ4n) is 2.96. The first kappa shape index (κ1) is 18.4. The van der Waals surface area contributed by atoms with Crippen LogP contribution in [0, 0.1) is 6.54 Å². The molecule has 0 spiro atoms. The maximum Gasteiger partial charge on any atom is 0.253 e. The maximum absolute atomic E-state index is 12.5. The predicted octanol–water partition coefficient (Wildman–Crippen LogP) is 3.75. The molecule has 1 aromatic heterocycles. The Hall–Kier alpha value is -2.96. The highest BCUT2D eigenvalue weighted by Crippen LogP contribution is 2.21. The average Bonchev–Trinajstić information content (AvgIpc) is 2.75. The molecule has 7 heteroatoms. The van der Waals surface area contributed by atoms with Crippen molar-refractivity contribution in [2.24, 2.45) is 0 Å². The lowest BCUT2D eigenvalue weighted by molar-refractivity contribution is 0.0751. The zero-order chi connectivity index (χ0) is 19.3. The van der Waals surface area contributed by atoms with Gasteiger partial charge in [-0.3, -0.25) is 4.79 Å². The molecule has 0 aliphatic carbocycles. The van der Waals surface area contributed by atoms with Gasteiger partial charge in [0.25, 0.3) is 5.91 Å². The number of nitrogens with one attached hydrogen (secondary N) is 2. The molecule has 6 nitrogen and oxygen atoms in total. The molecule has 0 atom stereocenters. The van der Waals surface area contributed by atoms with Crippen molar-refractivity contribution in [1.82, 2.24) is 20.2 Å². The Morgan fingerprint density at radius 2 is 1.86 bits per heavy atom. The lowest BCUT2D eigenvalue weighted by atomic mass is 10.1. The predicted molar refractivity (Wildman–Crippen MR) is 110 cm³/mol. The number of carbonyl (C=O) groups excluding carboxylic acids is 1. The maximum atomic E-state index is 12.5. The zero-order valence-corrected chi connectivity index (χ0v) is 15.9. The minimum Gasteiger partial charge on any atom is -0.336 e. The van der Waals surface area contributed by atoms with Gasteiger partial charge < -0.3 is 15.5 Å². The topological polar surface area (TPSA) is 70.2 Å². The molecule has 1 fully saturated rings. The summed E-state index contributed by atoms with van der Waals surface area (Å²) in [5.74, 6) is 0.522. The molecule has 2 aromatic carbocycles. The van der Waals surface area contributed by atoms with Gasteiger partial charge in [0, 0.05) is 54.2 Å². The van der Waals surface area contributed by atoms with Gasteiger partial charge in [0.15, 0.2) is 0 Å². The van der Waals surface area contributed by atoms with Gasteiger partial charge in [-0.25, -0.2) is 9.97 Å². The van der Waals surface area contributed by atoms with Crippen LogP contribution in [0.15, 0.2) is 60.8 Å². The summed E-state index contributed by atoms with van der Waals surface area (Å²) in [7, 11) is 0. The van der Waals surface area contributed by atoms with Gasteiger partial charge in [0.1, 0.15) is 0 Å². The monoisotopic (exact) mass is 392 g/mol. The number of carbonyl (C=O) groups is 1. The van der Waals surface area contributed by atoms with Gasteiger partial charge >= 0.3 is 0 Å². The highest BCUT2D eigenvalue weighted by atomic mass is 35.5. The van der Waals surface area contributed by atoms with E-state index in [4.69, 9.17) is 11.6 Å². The first-order valence-electron chi connectivity index (χ1n) is 8.99. The highest BCUT2D eigenvalue weighted by Gasteiger charge is 2.17. The summed E-state index contributed by atoms with van der Waals surface area (Å²) in [5.41, 5.74) is 3.24. The Bertz CT molecular complexity index is 953. The molecule has 4 rings (SSSR count).